The molecule has 0 aromatic carbocycles. The SMILES string of the molecule is O.[Ca].[Cu].[Ti]. The van der Waals surface area contributed by atoms with Gasteiger partial charge in [-0.1, -0.05) is 0 Å². The molecule has 2 N–H and O–H groups in total. The number of hydrogen-bond acceptors (Lipinski definition) is 0. The molecule has 0 rings (SSSR count). The molecule has 0 bridgehead atoms. The molecule has 0 fully saturated rings. The fraction of sp³-hybridized carbons (Fsp3) is 0. The van der Waals surface area contributed by atoms with Crippen LogP contribution in [0.2, 0.25) is 0 Å². The van der Waals surface area contributed by atoms with E-state index in [2.05, 4.69) is 0 Å². The summed E-state index contributed by atoms with van der Waals surface area (Å²) in [5.74, 6) is 0. The van der Waals surface area contributed by atoms with Crippen molar-refractivity contribution in [2.24, 2.45) is 0 Å². The molecule has 3 radical (unpaired) electrons. The minimum Gasteiger partial charge on any atom is -0.412 e. The smallest absolute Gasteiger partial charge is 0 e. The van der Waals surface area contributed by atoms with Crippen LogP contribution in [0.1, 0.15) is 0 Å². The monoisotopic (exact) mass is 169 g/mol. The van der Waals surface area contributed by atoms with Crippen molar-refractivity contribution in [1.29, 1.82) is 0 Å². The third-order valence-electron chi connectivity index (χ3n) is 0. The van der Waals surface area contributed by atoms with E-state index >= 15 is 0 Å². The van der Waals surface area contributed by atoms with Crippen molar-refractivity contribution in [2.75, 3.05) is 0 Å². The maximum Gasteiger partial charge on any atom is 0 e. The molecule has 0 spiro atoms. The van der Waals surface area contributed by atoms with Crippen LogP contribution in [-0.2, 0) is 38.8 Å². The first-order valence-electron chi connectivity index (χ1n) is 0. The van der Waals surface area contributed by atoms with E-state index in [1.807, 2.05) is 0 Å². The zero-order valence-electron chi connectivity index (χ0n) is 2.01. The van der Waals surface area contributed by atoms with Crippen molar-refractivity contribution in [3.8, 4) is 0 Å². The summed E-state index contributed by atoms with van der Waals surface area (Å²) in [5.41, 5.74) is 0. The van der Waals surface area contributed by atoms with Gasteiger partial charge in [-0.3, -0.25) is 0 Å². The van der Waals surface area contributed by atoms with E-state index in [1.165, 1.54) is 0 Å². The molecule has 4 heteroatoms. The Hall–Kier alpha value is 2.45. The molecule has 0 aromatic heterocycles. The van der Waals surface area contributed by atoms with E-state index in [0.717, 1.165) is 0 Å². The van der Waals surface area contributed by atoms with Crippen molar-refractivity contribution >= 4 is 37.7 Å². The number of hydrogen-bond donors (Lipinski definition) is 0. The van der Waals surface area contributed by atoms with Crippen LogP contribution >= 0.6 is 0 Å². The molecule has 0 saturated heterocycles. The molecule has 0 unspecified atom stereocenters. The molecule has 4 heavy (non-hydrogen) atoms. The van der Waals surface area contributed by atoms with Crippen molar-refractivity contribution in [3.63, 3.8) is 0 Å². The first kappa shape index (κ1) is 31.9. The quantitative estimate of drug-likeness (QED) is 0.408. The van der Waals surface area contributed by atoms with Gasteiger partial charge in [-0.2, -0.15) is 0 Å². The third-order valence-corrected chi connectivity index (χ3v) is 0. The molecular formula is H2CaCuOTi. The Morgan fingerprint density at radius 1 is 1.00 bits per heavy atom. The average Bonchev–Trinajstić information content (AvgIpc) is 0. The largest absolute Gasteiger partial charge is 0.412 e. The second kappa shape index (κ2) is 18.0. The minimum absolute atomic E-state index is 0. The van der Waals surface area contributed by atoms with Crippen molar-refractivity contribution in [1.82, 2.24) is 0 Å². The standard InChI is InChI=1S/Ca.Cu.H2O.Ti/h;;1H2;. The molecule has 0 atom stereocenters. The van der Waals surface area contributed by atoms with Gasteiger partial charge in [0.05, 0.1) is 0 Å². The van der Waals surface area contributed by atoms with Crippen LogP contribution in [0.5, 0.6) is 0 Å². The minimum atomic E-state index is 0. The molecule has 0 aliphatic heterocycles. The van der Waals surface area contributed by atoms with Gasteiger partial charge in [0.1, 0.15) is 0 Å². The van der Waals surface area contributed by atoms with Crippen molar-refractivity contribution < 1.29 is 44.3 Å². The van der Waals surface area contributed by atoms with Crippen LogP contribution in [0.4, 0.5) is 0 Å². The Kier molecular flexibility index (Phi) is 143. The zero-order chi connectivity index (χ0) is 0. The second-order valence-electron chi connectivity index (χ2n) is 0. The Labute approximate surface area is 80.6 Å². The van der Waals surface area contributed by atoms with E-state index in [9.17, 15) is 0 Å². The van der Waals surface area contributed by atoms with E-state index in [-0.39, 0.29) is 82.0 Å². The van der Waals surface area contributed by atoms with Crippen LogP contribution < -0.4 is 0 Å². The van der Waals surface area contributed by atoms with Gasteiger partial charge in [-0.05, 0) is 0 Å². The maximum atomic E-state index is 0. The summed E-state index contributed by atoms with van der Waals surface area (Å²) >= 11 is 0. The summed E-state index contributed by atoms with van der Waals surface area (Å²) in [6.07, 6.45) is 0. The van der Waals surface area contributed by atoms with E-state index in [4.69, 9.17) is 0 Å². The Balaban J connectivity index is 0. The fourth-order valence-electron chi connectivity index (χ4n) is 0. The predicted octanol–water partition coefficient (Wildman–Crippen LogP) is -1.21. The first-order chi connectivity index (χ1) is 0. The summed E-state index contributed by atoms with van der Waals surface area (Å²) in [4.78, 5) is 0. The Morgan fingerprint density at radius 3 is 1.00 bits per heavy atom. The fourth-order valence-corrected chi connectivity index (χ4v) is 0. The molecule has 0 saturated carbocycles. The molecule has 25 valence electrons. The van der Waals surface area contributed by atoms with Gasteiger partial charge in [0.2, 0.25) is 0 Å². The van der Waals surface area contributed by atoms with Crippen LogP contribution in [0.3, 0.4) is 0 Å². The van der Waals surface area contributed by atoms with Crippen LogP contribution in [0, 0.1) is 0 Å². The summed E-state index contributed by atoms with van der Waals surface area (Å²) in [6.45, 7) is 0. The average molecular weight is 170 g/mol. The van der Waals surface area contributed by atoms with Crippen LogP contribution in [-0.4, -0.2) is 43.2 Å². The summed E-state index contributed by atoms with van der Waals surface area (Å²) in [6, 6.07) is 0. The zero-order valence-corrected chi connectivity index (χ0v) is 6.72. The third kappa shape index (κ3) is 8.82. The molecular weight excluding hydrogens is 167 g/mol. The molecule has 0 aliphatic carbocycles. The molecule has 0 heterocycles. The second-order valence-corrected chi connectivity index (χ2v) is 0. The van der Waals surface area contributed by atoms with Gasteiger partial charge in [-0.25, -0.2) is 0 Å². The van der Waals surface area contributed by atoms with Gasteiger partial charge in [-0.15, -0.1) is 0 Å². The summed E-state index contributed by atoms with van der Waals surface area (Å²) in [5, 5.41) is 0. The van der Waals surface area contributed by atoms with E-state index in [1.54, 1.807) is 0 Å². The Bertz CT molecular complexity index is 8.00. The van der Waals surface area contributed by atoms with Gasteiger partial charge in [0.15, 0.2) is 0 Å². The molecule has 0 amide bonds. The molecule has 1 nitrogen and oxygen atoms in total. The first-order valence-corrected chi connectivity index (χ1v) is 0. The molecule has 0 aromatic rings. The number of rotatable bonds is 0. The van der Waals surface area contributed by atoms with Crippen molar-refractivity contribution in [3.05, 3.63) is 0 Å². The Morgan fingerprint density at radius 2 is 1.00 bits per heavy atom. The molecule has 0 aliphatic rings. The van der Waals surface area contributed by atoms with Crippen LogP contribution in [0.25, 0.3) is 0 Å². The van der Waals surface area contributed by atoms with Gasteiger partial charge in [0.25, 0.3) is 0 Å². The normalized spacial score (nSPS) is 0. The topological polar surface area (TPSA) is 31.5 Å². The maximum absolute atomic E-state index is 0. The van der Waals surface area contributed by atoms with E-state index in [0.29, 0.717) is 0 Å². The predicted molar refractivity (Wildman–Crippen MR) is 9.37 cm³/mol. The van der Waals surface area contributed by atoms with Crippen molar-refractivity contribution in [2.45, 2.75) is 0 Å². The van der Waals surface area contributed by atoms with Gasteiger partial charge >= 0.3 is 0 Å². The van der Waals surface area contributed by atoms with E-state index < -0.39 is 0 Å². The summed E-state index contributed by atoms with van der Waals surface area (Å²) < 4.78 is 0. The van der Waals surface area contributed by atoms with Crippen LogP contribution in [0.15, 0.2) is 0 Å². The van der Waals surface area contributed by atoms with Gasteiger partial charge in [0, 0.05) is 76.5 Å². The summed E-state index contributed by atoms with van der Waals surface area (Å²) in [7, 11) is 0. The van der Waals surface area contributed by atoms with Gasteiger partial charge < -0.3 is 5.48 Å².